The minimum absolute atomic E-state index is 0.120. The van der Waals surface area contributed by atoms with Gasteiger partial charge in [0.2, 0.25) is 5.89 Å². The van der Waals surface area contributed by atoms with Crippen molar-refractivity contribution in [2.24, 2.45) is 0 Å². The van der Waals surface area contributed by atoms with Gasteiger partial charge in [-0.1, -0.05) is 19.1 Å². The molecular formula is C27H27N3O3S. The number of carbonyl (C=O) groups is 1. The smallest absolute Gasteiger partial charge is 0.257 e. The maximum absolute atomic E-state index is 12.6. The predicted molar refractivity (Wildman–Crippen MR) is 139 cm³/mol. The number of hydrogen-bond acceptors (Lipinski definition) is 5. The quantitative estimate of drug-likeness (QED) is 0.315. The Morgan fingerprint density at radius 1 is 1.12 bits per heavy atom. The van der Waals surface area contributed by atoms with Crippen molar-refractivity contribution >= 4 is 40.0 Å². The summed E-state index contributed by atoms with van der Waals surface area (Å²) in [6, 6.07) is 18.7. The zero-order valence-corrected chi connectivity index (χ0v) is 20.5. The lowest BCUT2D eigenvalue weighted by atomic mass is 10.1. The molecule has 7 heteroatoms. The van der Waals surface area contributed by atoms with E-state index in [4.69, 9.17) is 21.4 Å². The van der Waals surface area contributed by atoms with Crippen molar-refractivity contribution in [2.45, 2.75) is 40.2 Å². The van der Waals surface area contributed by atoms with Crippen molar-refractivity contribution < 1.29 is 13.9 Å². The number of anilines is 1. The average Bonchev–Trinajstić information content (AvgIpc) is 3.23. The maximum atomic E-state index is 12.6. The monoisotopic (exact) mass is 473 g/mol. The lowest BCUT2D eigenvalue weighted by Gasteiger charge is -2.14. The summed E-state index contributed by atoms with van der Waals surface area (Å²) in [7, 11) is 0. The van der Waals surface area contributed by atoms with Crippen molar-refractivity contribution in [3.8, 4) is 17.2 Å². The van der Waals surface area contributed by atoms with Crippen LogP contribution >= 0.6 is 12.2 Å². The van der Waals surface area contributed by atoms with Gasteiger partial charge in [0.25, 0.3) is 5.91 Å². The Bertz CT molecular complexity index is 1350. The first-order chi connectivity index (χ1) is 16.3. The number of carbonyl (C=O) groups excluding carboxylic acids is 1. The van der Waals surface area contributed by atoms with E-state index in [9.17, 15) is 4.79 Å². The lowest BCUT2D eigenvalue weighted by Crippen LogP contribution is -2.34. The van der Waals surface area contributed by atoms with Crippen LogP contribution in [0.4, 0.5) is 5.69 Å². The van der Waals surface area contributed by atoms with E-state index in [0.29, 0.717) is 11.5 Å². The molecule has 1 amide bonds. The largest absolute Gasteiger partial charge is 0.491 e. The number of nitrogens with one attached hydrogen (secondary N) is 2. The van der Waals surface area contributed by atoms with E-state index in [-0.39, 0.29) is 17.1 Å². The fraction of sp³-hybridized carbons (Fsp3) is 0.222. The second-order valence-corrected chi connectivity index (χ2v) is 8.65. The van der Waals surface area contributed by atoms with Gasteiger partial charge < -0.3 is 14.5 Å². The second kappa shape index (κ2) is 10.1. The van der Waals surface area contributed by atoms with Gasteiger partial charge in [0.05, 0.1) is 6.10 Å². The van der Waals surface area contributed by atoms with Gasteiger partial charge in [-0.2, -0.15) is 0 Å². The van der Waals surface area contributed by atoms with Gasteiger partial charge in [-0.05, 0) is 99.1 Å². The molecule has 1 aromatic heterocycles. The van der Waals surface area contributed by atoms with Gasteiger partial charge in [-0.15, -0.1) is 0 Å². The van der Waals surface area contributed by atoms with E-state index in [1.165, 1.54) is 0 Å². The Hall–Kier alpha value is -3.71. The molecule has 0 radical (unpaired) electrons. The first-order valence-corrected chi connectivity index (χ1v) is 11.6. The van der Waals surface area contributed by atoms with Gasteiger partial charge >= 0.3 is 0 Å². The molecule has 34 heavy (non-hydrogen) atoms. The molecule has 1 atom stereocenters. The summed E-state index contributed by atoms with van der Waals surface area (Å²) in [5.41, 5.74) is 5.70. The van der Waals surface area contributed by atoms with E-state index >= 15 is 0 Å². The standard InChI is InChI=1S/C27H27N3O3S/c1-5-17(3)32-20-12-10-19(11-13-20)25(31)30-27(34)29-22-8-6-7-21(18(22)4)26-28-23-15-16(2)9-14-24(23)33-26/h6-15,17H,5H2,1-4H3,(H2,29,30,31,34). The fourth-order valence-corrected chi connectivity index (χ4v) is 3.69. The van der Waals surface area contributed by atoms with Crippen molar-refractivity contribution in [1.29, 1.82) is 0 Å². The molecule has 0 saturated heterocycles. The van der Waals surface area contributed by atoms with Crippen LogP contribution < -0.4 is 15.4 Å². The summed E-state index contributed by atoms with van der Waals surface area (Å²) in [5.74, 6) is 0.973. The first kappa shape index (κ1) is 23.4. The zero-order chi connectivity index (χ0) is 24.2. The van der Waals surface area contributed by atoms with Gasteiger partial charge in [-0.25, -0.2) is 4.98 Å². The number of aryl methyl sites for hydroxylation is 1. The molecule has 0 bridgehead atoms. The van der Waals surface area contributed by atoms with Crippen molar-refractivity contribution in [3.05, 3.63) is 77.4 Å². The van der Waals surface area contributed by atoms with Crippen molar-refractivity contribution in [1.82, 2.24) is 10.3 Å². The number of aromatic nitrogens is 1. The summed E-state index contributed by atoms with van der Waals surface area (Å²) < 4.78 is 11.7. The predicted octanol–water partition coefficient (Wildman–Crippen LogP) is 6.42. The van der Waals surface area contributed by atoms with E-state index in [1.54, 1.807) is 24.3 Å². The van der Waals surface area contributed by atoms with E-state index in [1.807, 2.05) is 57.2 Å². The highest BCUT2D eigenvalue weighted by atomic mass is 32.1. The van der Waals surface area contributed by atoms with Gasteiger partial charge in [0.1, 0.15) is 11.3 Å². The van der Waals surface area contributed by atoms with Crippen LogP contribution in [0.1, 0.15) is 41.8 Å². The van der Waals surface area contributed by atoms with Crippen LogP contribution in [-0.4, -0.2) is 22.1 Å². The number of nitrogens with zero attached hydrogens (tertiary/aromatic N) is 1. The molecule has 4 rings (SSSR count). The summed E-state index contributed by atoms with van der Waals surface area (Å²) in [6.07, 6.45) is 1.03. The third-order valence-electron chi connectivity index (χ3n) is 5.61. The molecule has 1 heterocycles. The number of thiocarbonyl (C=S) groups is 1. The molecule has 0 aliphatic heterocycles. The summed E-state index contributed by atoms with van der Waals surface area (Å²) in [5, 5.41) is 6.05. The Kier molecular flexibility index (Phi) is 6.93. The average molecular weight is 474 g/mol. The topological polar surface area (TPSA) is 76.4 Å². The molecule has 0 saturated carbocycles. The molecular weight excluding hydrogens is 446 g/mol. The third kappa shape index (κ3) is 5.26. The zero-order valence-electron chi connectivity index (χ0n) is 19.6. The van der Waals surface area contributed by atoms with Crippen LogP contribution in [0.5, 0.6) is 5.75 Å². The Balaban J connectivity index is 1.45. The molecule has 3 aromatic carbocycles. The third-order valence-corrected chi connectivity index (χ3v) is 5.82. The molecule has 0 aliphatic rings. The van der Waals surface area contributed by atoms with Crippen molar-refractivity contribution in [2.75, 3.05) is 5.32 Å². The summed E-state index contributed by atoms with van der Waals surface area (Å²) in [6.45, 7) is 8.05. The second-order valence-electron chi connectivity index (χ2n) is 8.24. The molecule has 2 N–H and O–H groups in total. The number of fused-ring (bicyclic) bond motifs is 1. The molecule has 6 nitrogen and oxygen atoms in total. The first-order valence-electron chi connectivity index (χ1n) is 11.2. The normalized spacial score (nSPS) is 11.8. The van der Waals surface area contributed by atoms with Gasteiger partial charge in [-0.3, -0.25) is 10.1 Å². The van der Waals surface area contributed by atoms with Crippen LogP contribution in [0.15, 0.2) is 65.1 Å². The van der Waals surface area contributed by atoms with Crippen LogP contribution in [0.25, 0.3) is 22.6 Å². The van der Waals surface area contributed by atoms with E-state index in [0.717, 1.165) is 45.6 Å². The molecule has 4 aromatic rings. The van der Waals surface area contributed by atoms with Crippen LogP contribution in [0, 0.1) is 13.8 Å². The Morgan fingerprint density at radius 2 is 1.88 bits per heavy atom. The summed E-state index contributed by atoms with van der Waals surface area (Å²) >= 11 is 5.39. The Labute approximate surface area is 204 Å². The number of benzene rings is 3. The van der Waals surface area contributed by atoms with Crippen LogP contribution in [-0.2, 0) is 0 Å². The van der Waals surface area contributed by atoms with Crippen LogP contribution in [0.2, 0.25) is 0 Å². The lowest BCUT2D eigenvalue weighted by molar-refractivity contribution is 0.0977. The molecule has 0 spiro atoms. The molecule has 1 unspecified atom stereocenters. The highest BCUT2D eigenvalue weighted by Gasteiger charge is 2.15. The SMILES string of the molecule is CCC(C)Oc1ccc(C(=O)NC(=S)Nc2cccc(-c3nc4cc(C)ccc4o3)c2C)cc1. The fourth-order valence-electron chi connectivity index (χ4n) is 3.48. The highest BCUT2D eigenvalue weighted by Crippen LogP contribution is 2.30. The number of ether oxygens (including phenoxy) is 1. The number of rotatable bonds is 6. The van der Waals surface area contributed by atoms with Gasteiger partial charge in [0.15, 0.2) is 10.7 Å². The van der Waals surface area contributed by atoms with Crippen LogP contribution in [0.3, 0.4) is 0 Å². The maximum Gasteiger partial charge on any atom is 0.257 e. The highest BCUT2D eigenvalue weighted by molar-refractivity contribution is 7.80. The van der Waals surface area contributed by atoms with E-state index < -0.39 is 0 Å². The van der Waals surface area contributed by atoms with Gasteiger partial charge in [0, 0.05) is 16.8 Å². The Morgan fingerprint density at radius 3 is 2.62 bits per heavy atom. The minimum atomic E-state index is -0.296. The molecule has 174 valence electrons. The van der Waals surface area contributed by atoms with Crippen molar-refractivity contribution in [3.63, 3.8) is 0 Å². The number of oxazole rings is 1. The molecule has 0 fully saturated rings. The summed E-state index contributed by atoms with van der Waals surface area (Å²) in [4.78, 5) is 17.3. The minimum Gasteiger partial charge on any atom is -0.491 e. The number of hydrogen-bond donors (Lipinski definition) is 2. The molecule has 0 aliphatic carbocycles. The number of amides is 1. The van der Waals surface area contributed by atoms with E-state index in [2.05, 4.69) is 22.5 Å².